The highest BCUT2D eigenvalue weighted by Crippen LogP contribution is 2.35. The molecule has 2 atom stereocenters. The monoisotopic (exact) mass is 291 g/mol. The number of benzene rings is 1. The summed E-state index contributed by atoms with van der Waals surface area (Å²) in [4.78, 5) is 4.20. The van der Waals surface area contributed by atoms with E-state index in [-0.39, 0.29) is 6.79 Å². The van der Waals surface area contributed by atoms with Gasteiger partial charge >= 0.3 is 0 Å². The Kier molecular flexibility index (Phi) is 4.03. The van der Waals surface area contributed by atoms with E-state index < -0.39 is 0 Å². The number of hydrogen-bond acceptors (Lipinski definition) is 4. The molecule has 21 heavy (non-hydrogen) atoms. The van der Waals surface area contributed by atoms with E-state index in [4.69, 9.17) is 14.2 Å². The van der Waals surface area contributed by atoms with Gasteiger partial charge in [0.05, 0.1) is 6.54 Å². The normalized spacial score (nSPS) is 22.9. The number of guanidine groups is 1. The lowest BCUT2D eigenvalue weighted by molar-refractivity contribution is 0.173. The summed E-state index contributed by atoms with van der Waals surface area (Å²) in [7, 11) is 1.78. The summed E-state index contributed by atoms with van der Waals surface area (Å²) < 4.78 is 16.3. The van der Waals surface area contributed by atoms with Gasteiger partial charge in [0.2, 0.25) is 6.79 Å². The molecule has 2 aliphatic rings. The summed E-state index contributed by atoms with van der Waals surface area (Å²) in [5, 5.41) is 6.61. The lowest BCUT2D eigenvalue weighted by atomic mass is 10.3. The van der Waals surface area contributed by atoms with E-state index in [2.05, 4.69) is 22.5 Å². The third-order valence-corrected chi connectivity index (χ3v) is 3.66. The zero-order chi connectivity index (χ0) is 14.7. The topological polar surface area (TPSA) is 64.1 Å². The van der Waals surface area contributed by atoms with Gasteiger partial charge in [-0.15, -0.1) is 0 Å². The molecule has 0 saturated heterocycles. The van der Waals surface area contributed by atoms with Crippen LogP contribution in [0, 0.1) is 5.92 Å². The van der Waals surface area contributed by atoms with Crippen molar-refractivity contribution in [2.45, 2.75) is 19.4 Å². The Morgan fingerprint density at radius 1 is 1.38 bits per heavy atom. The van der Waals surface area contributed by atoms with Gasteiger partial charge in [0, 0.05) is 19.2 Å². The van der Waals surface area contributed by atoms with Gasteiger partial charge < -0.3 is 24.8 Å². The van der Waals surface area contributed by atoms with Crippen molar-refractivity contribution in [2.75, 3.05) is 27.0 Å². The van der Waals surface area contributed by atoms with Crippen LogP contribution in [0.3, 0.4) is 0 Å². The predicted octanol–water partition coefficient (Wildman–Crippen LogP) is 1.37. The van der Waals surface area contributed by atoms with Crippen LogP contribution in [0.15, 0.2) is 23.2 Å². The lowest BCUT2D eigenvalue weighted by Crippen LogP contribution is -2.40. The van der Waals surface area contributed by atoms with Crippen LogP contribution in [0.5, 0.6) is 17.2 Å². The van der Waals surface area contributed by atoms with Gasteiger partial charge in [-0.05, 0) is 24.5 Å². The molecule has 1 heterocycles. The van der Waals surface area contributed by atoms with E-state index >= 15 is 0 Å². The van der Waals surface area contributed by atoms with Crippen molar-refractivity contribution >= 4 is 5.96 Å². The Balaban J connectivity index is 1.39. The van der Waals surface area contributed by atoms with Crippen LogP contribution in [0.1, 0.15) is 13.3 Å². The van der Waals surface area contributed by atoms with Crippen LogP contribution in [-0.4, -0.2) is 39.0 Å². The van der Waals surface area contributed by atoms with Crippen LogP contribution in [0.25, 0.3) is 0 Å². The first-order valence-electron chi connectivity index (χ1n) is 7.26. The molecule has 0 radical (unpaired) electrons. The standard InChI is InChI=1S/C15H21N3O3/c1-10-7-12(10)18-15(16-2)17-5-6-19-11-3-4-13-14(8-11)21-9-20-13/h3-4,8,10,12H,5-7,9H2,1-2H3,(H2,16,17,18). The number of nitrogens with one attached hydrogen (secondary N) is 2. The molecular weight excluding hydrogens is 270 g/mol. The largest absolute Gasteiger partial charge is 0.492 e. The van der Waals surface area contributed by atoms with Crippen molar-refractivity contribution in [3.05, 3.63) is 18.2 Å². The van der Waals surface area contributed by atoms with Gasteiger partial charge in [-0.1, -0.05) is 6.92 Å². The third-order valence-electron chi connectivity index (χ3n) is 3.66. The van der Waals surface area contributed by atoms with Crippen molar-refractivity contribution in [3.63, 3.8) is 0 Å². The molecule has 0 spiro atoms. The minimum Gasteiger partial charge on any atom is -0.492 e. The van der Waals surface area contributed by atoms with Gasteiger partial charge in [0.25, 0.3) is 0 Å². The lowest BCUT2D eigenvalue weighted by Gasteiger charge is -2.12. The Bertz CT molecular complexity index is 533. The fourth-order valence-electron chi connectivity index (χ4n) is 2.20. The third kappa shape index (κ3) is 3.51. The first-order chi connectivity index (χ1) is 10.3. The van der Waals surface area contributed by atoms with Crippen LogP contribution < -0.4 is 24.8 Å². The molecule has 0 amide bonds. The van der Waals surface area contributed by atoms with Crippen molar-refractivity contribution in [1.82, 2.24) is 10.6 Å². The Hall–Kier alpha value is -2.11. The summed E-state index contributed by atoms with van der Waals surface area (Å²) in [6.45, 7) is 3.76. The fourth-order valence-corrected chi connectivity index (χ4v) is 2.20. The maximum absolute atomic E-state index is 5.69. The van der Waals surface area contributed by atoms with Crippen LogP contribution in [0.2, 0.25) is 0 Å². The predicted molar refractivity (Wildman–Crippen MR) is 80.1 cm³/mol. The fraction of sp³-hybridized carbons (Fsp3) is 0.533. The quantitative estimate of drug-likeness (QED) is 0.487. The average Bonchev–Trinajstić information content (AvgIpc) is 3.00. The van der Waals surface area contributed by atoms with Gasteiger partial charge in [-0.2, -0.15) is 0 Å². The molecule has 3 rings (SSSR count). The average molecular weight is 291 g/mol. The van der Waals surface area contributed by atoms with Gasteiger partial charge in [0.15, 0.2) is 17.5 Å². The number of fused-ring (bicyclic) bond motifs is 1. The highest BCUT2D eigenvalue weighted by molar-refractivity contribution is 5.80. The molecule has 1 aliphatic heterocycles. The number of rotatable bonds is 5. The van der Waals surface area contributed by atoms with Crippen LogP contribution in [-0.2, 0) is 0 Å². The van der Waals surface area contributed by atoms with E-state index in [1.54, 1.807) is 7.05 Å². The number of hydrogen-bond donors (Lipinski definition) is 2. The van der Waals surface area contributed by atoms with Crippen molar-refractivity contribution < 1.29 is 14.2 Å². The molecule has 1 aliphatic carbocycles. The second-order valence-corrected chi connectivity index (χ2v) is 5.33. The molecule has 0 aromatic heterocycles. The summed E-state index contributed by atoms with van der Waals surface area (Å²) in [6.07, 6.45) is 1.22. The molecule has 0 bridgehead atoms. The zero-order valence-electron chi connectivity index (χ0n) is 12.4. The molecule has 1 aromatic rings. The SMILES string of the molecule is CN=C(NCCOc1ccc2c(c1)OCO2)NC1CC1C. The highest BCUT2D eigenvalue weighted by atomic mass is 16.7. The number of aliphatic imine (C=N–C) groups is 1. The smallest absolute Gasteiger partial charge is 0.231 e. The molecule has 6 heteroatoms. The van der Waals surface area contributed by atoms with Crippen molar-refractivity contribution in [1.29, 1.82) is 0 Å². The minimum atomic E-state index is 0.280. The highest BCUT2D eigenvalue weighted by Gasteiger charge is 2.33. The molecule has 1 saturated carbocycles. The van der Waals surface area contributed by atoms with E-state index in [1.165, 1.54) is 6.42 Å². The first-order valence-corrected chi connectivity index (χ1v) is 7.26. The Morgan fingerprint density at radius 3 is 2.95 bits per heavy atom. The van der Waals surface area contributed by atoms with Crippen molar-refractivity contribution in [3.8, 4) is 17.2 Å². The Labute approximate surface area is 124 Å². The summed E-state index contributed by atoms with van der Waals surface area (Å²) in [5.74, 6) is 3.86. The van der Waals surface area contributed by atoms with Gasteiger partial charge in [-0.3, -0.25) is 4.99 Å². The maximum Gasteiger partial charge on any atom is 0.231 e. The van der Waals surface area contributed by atoms with Gasteiger partial charge in [0.1, 0.15) is 12.4 Å². The van der Waals surface area contributed by atoms with Gasteiger partial charge in [-0.25, -0.2) is 0 Å². The number of ether oxygens (including phenoxy) is 3. The van der Waals surface area contributed by atoms with E-state index in [0.29, 0.717) is 19.2 Å². The summed E-state index contributed by atoms with van der Waals surface area (Å²) >= 11 is 0. The van der Waals surface area contributed by atoms with Crippen molar-refractivity contribution in [2.24, 2.45) is 10.9 Å². The molecular formula is C15H21N3O3. The second-order valence-electron chi connectivity index (χ2n) is 5.33. The summed E-state index contributed by atoms with van der Waals surface area (Å²) in [6, 6.07) is 6.15. The summed E-state index contributed by atoms with van der Waals surface area (Å²) in [5.41, 5.74) is 0. The first kappa shape index (κ1) is 13.9. The second kappa shape index (κ2) is 6.11. The molecule has 6 nitrogen and oxygen atoms in total. The van der Waals surface area contributed by atoms with E-state index in [0.717, 1.165) is 29.1 Å². The number of nitrogens with zero attached hydrogens (tertiary/aromatic N) is 1. The van der Waals surface area contributed by atoms with Crippen LogP contribution in [0.4, 0.5) is 0 Å². The maximum atomic E-state index is 5.69. The molecule has 1 aromatic carbocycles. The Morgan fingerprint density at radius 2 is 2.19 bits per heavy atom. The molecule has 114 valence electrons. The minimum absolute atomic E-state index is 0.280. The van der Waals surface area contributed by atoms with E-state index in [9.17, 15) is 0 Å². The zero-order valence-corrected chi connectivity index (χ0v) is 12.4. The van der Waals surface area contributed by atoms with E-state index in [1.807, 2.05) is 18.2 Å². The van der Waals surface area contributed by atoms with Crippen LogP contribution >= 0.6 is 0 Å². The molecule has 2 N–H and O–H groups in total. The molecule has 1 fully saturated rings. The molecule has 2 unspecified atom stereocenters.